The van der Waals surface area contributed by atoms with Gasteiger partial charge in [0.15, 0.2) is 23.0 Å². The molecule has 2 aromatic heterocycles. The molecule has 2 heterocycles. The smallest absolute Gasteiger partial charge is 0.170 e. The second kappa shape index (κ2) is 5.25. The van der Waals surface area contributed by atoms with Crippen molar-refractivity contribution in [3.63, 3.8) is 0 Å². The molecule has 0 atom stereocenters. The van der Waals surface area contributed by atoms with E-state index in [0.717, 1.165) is 15.7 Å². The number of anilines is 1. The molecule has 0 saturated carbocycles. The van der Waals surface area contributed by atoms with E-state index in [2.05, 4.69) is 26.1 Å². The van der Waals surface area contributed by atoms with Crippen molar-refractivity contribution in [1.82, 2.24) is 14.6 Å². The third kappa shape index (κ3) is 2.29. The highest BCUT2D eigenvalue weighted by Crippen LogP contribution is 2.36. The average Bonchev–Trinajstić information content (AvgIpc) is 2.89. The van der Waals surface area contributed by atoms with Gasteiger partial charge >= 0.3 is 0 Å². The normalized spacial score (nSPS) is 10.8. The monoisotopic (exact) mass is 348 g/mol. The molecule has 0 amide bonds. The summed E-state index contributed by atoms with van der Waals surface area (Å²) in [5, 5.41) is 8.35. The maximum Gasteiger partial charge on any atom is 0.170 e. The van der Waals surface area contributed by atoms with E-state index in [1.54, 1.807) is 26.4 Å². The van der Waals surface area contributed by atoms with Crippen LogP contribution < -0.4 is 15.2 Å². The predicted octanol–water partition coefficient (Wildman–Crippen LogP) is 2.76. The van der Waals surface area contributed by atoms with E-state index in [1.165, 1.54) is 0 Å². The van der Waals surface area contributed by atoms with Gasteiger partial charge in [-0.15, -0.1) is 10.2 Å². The number of rotatable bonds is 3. The summed E-state index contributed by atoms with van der Waals surface area (Å²) in [5.74, 6) is 1.81. The van der Waals surface area contributed by atoms with Crippen LogP contribution in [0, 0.1) is 0 Å². The number of nitrogens with two attached hydrogens (primary N) is 1. The van der Waals surface area contributed by atoms with Gasteiger partial charge in [-0.25, -0.2) is 0 Å². The van der Waals surface area contributed by atoms with Crippen molar-refractivity contribution >= 4 is 27.3 Å². The summed E-state index contributed by atoms with van der Waals surface area (Å²) >= 11 is 3.44. The van der Waals surface area contributed by atoms with Crippen LogP contribution in [0.25, 0.3) is 17.0 Å². The first-order chi connectivity index (χ1) is 10.1. The Morgan fingerprint density at radius 3 is 2.52 bits per heavy atom. The van der Waals surface area contributed by atoms with Crippen molar-refractivity contribution < 1.29 is 9.47 Å². The van der Waals surface area contributed by atoms with Crippen molar-refractivity contribution in [2.45, 2.75) is 0 Å². The summed E-state index contributed by atoms with van der Waals surface area (Å²) in [6.07, 6.45) is 1.89. The number of pyridine rings is 1. The van der Waals surface area contributed by atoms with E-state index in [1.807, 2.05) is 22.7 Å². The maximum atomic E-state index is 6.11. The van der Waals surface area contributed by atoms with Gasteiger partial charge < -0.3 is 15.2 Å². The topological polar surface area (TPSA) is 74.7 Å². The first-order valence-electron chi connectivity index (χ1n) is 6.16. The van der Waals surface area contributed by atoms with Gasteiger partial charge in [0.05, 0.1) is 14.2 Å². The lowest BCUT2D eigenvalue weighted by atomic mass is 10.1. The van der Waals surface area contributed by atoms with Gasteiger partial charge in [-0.05, 0) is 34.1 Å². The molecule has 0 spiro atoms. The number of benzene rings is 1. The zero-order chi connectivity index (χ0) is 15.0. The highest BCUT2D eigenvalue weighted by Gasteiger charge is 2.15. The number of hydrogen-bond acceptors (Lipinski definition) is 5. The van der Waals surface area contributed by atoms with Gasteiger partial charge in [-0.2, -0.15) is 0 Å². The van der Waals surface area contributed by atoms with Gasteiger partial charge in [0.25, 0.3) is 0 Å². The average molecular weight is 349 g/mol. The summed E-state index contributed by atoms with van der Waals surface area (Å²) in [4.78, 5) is 0. The van der Waals surface area contributed by atoms with Crippen LogP contribution in [0.15, 0.2) is 34.9 Å². The van der Waals surface area contributed by atoms with E-state index in [-0.39, 0.29) is 0 Å². The second-order valence-corrected chi connectivity index (χ2v) is 5.31. The van der Waals surface area contributed by atoms with Crippen molar-refractivity contribution in [2.24, 2.45) is 0 Å². The minimum atomic E-state index is 0.543. The second-order valence-electron chi connectivity index (χ2n) is 4.39. The number of hydrogen-bond donors (Lipinski definition) is 1. The van der Waals surface area contributed by atoms with Gasteiger partial charge in [-0.3, -0.25) is 4.40 Å². The number of fused-ring (bicyclic) bond motifs is 1. The third-order valence-electron chi connectivity index (χ3n) is 3.16. The molecule has 7 heteroatoms. The van der Waals surface area contributed by atoms with Crippen molar-refractivity contribution in [2.75, 3.05) is 20.0 Å². The quantitative estimate of drug-likeness (QED) is 0.736. The van der Waals surface area contributed by atoms with E-state index in [9.17, 15) is 0 Å². The molecule has 0 bridgehead atoms. The number of methoxy groups -OCH3 is 2. The van der Waals surface area contributed by atoms with Gasteiger partial charge in [0, 0.05) is 28.0 Å². The Labute approximate surface area is 129 Å². The van der Waals surface area contributed by atoms with Crippen LogP contribution in [-0.2, 0) is 0 Å². The van der Waals surface area contributed by atoms with Crippen LogP contribution in [0.3, 0.4) is 0 Å². The van der Waals surface area contributed by atoms with E-state index < -0.39 is 0 Å². The Morgan fingerprint density at radius 2 is 1.81 bits per heavy atom. The van der Waals surface area contributed by atoms with Gasteiger partial charge in [0.2, 0.25) is 0 Å². The highest BCUT2D eigenvalue weighted by atomic mass is 79.9. The molecule has 1 aromatic carbocycles. The minimum Gasteiger partial charge on any atom is -0.493 e. The Hall–Kier alpha value is -2.28. The molecule has 0 aliphatic carbocycles. The third-order valence-corrected chi connectivity index (χ3v) is 3.63. The van der Waals surface area contributed by atoms with E-state index in [4.69, 9.17) is 15.2 Å². The number of halogens is 1. The predicted molar refractivity (Wildman–Crippen MR) is 83.6 cm³/mol. The summed E-state index contributed by atoms with van der Waals surface area (Å²) in [6.45, 7) is 0. The molecule has 0 radical (unpaired) electrons. The van der Waals surface area contributed by atoms with Crippen molar-refractivity contribution in [1.29, 1.82) is 0 Å². The van der Waals surface area contributed by atoms with E-state index >= 15 is 0 Å². The van der Waals surface area contributed by atoms with Crippen LogP contribution in [-0.4, -0.2) is 28.8 Å². The Morgan fingerprint density at radius 1 is 1.10 bits per heavy atom. The minimum absolute atomic E-state index is 0.543. The zero-order valence-electron chi connectivity index (χ0n) is 11.5. The van der Waals surface area contributed by atoms with Gasteiger partial charge in [0.1, 0.15) is 0 Å². The fourth-order valence-electron chi connectivity index (χ4n) is 2.14. The Kier molecular flexibility index (Phi) is 3.42. The first kappa shape index (κ1) is 13.7. The molecule has 3 rings (SSSR count). The summed E-state index contributed by atoms with van der Waals surface area (Å²) < 4.78 is 13.3. The number of aromatic nitrogens is 3. The molecule has 3 aromatic rings. The molecular weight excluding hydrogens is 336 g/mol. The molecule has 6 nitrogen and oxygen atoms in total. The van der Waals surface area contributed by atoms with Crippen LogP contribution in [0.1, 0.15) is 0 Å². The van der Waals surface area contributed by atoms with Crippen LogP contribution in [0.2, 0.25) is 0 Å². The summed E-state index contributed by atoms with van der Waals surface area (Å²) in [7, 11) is 3.15. The SMILES string of the molecule is COc1cc(N)c(-c2nnc3ccc(Br)cn23)cc1OC. The molecule has 0 fully saturated rings. The molecule has 0 unspecified atom stereocenters. The van der Waals surface area contributed by atoms with Crippen molar-refractivity contribution in [3.8, 4) is 22.9 Å². The standard InChI is InChI=1S/C14H13BrN4O2/c1-20-11-5-9(10(16)6-12(11)21-2)14-18-17-13-4-3-8(15)7-19(13)14/h3-7H,16H2,1-2H3. The number of ether oxygens (including phenoxy) is 2. The van der Waals surface area contributed by atoms with Crippen LogP contribution in [0.4, 0.5) is 5.69 Å². The fourth-order valence-corrected chi connectivity index (χ4v) is 2.47. The maximum absolute atomic E-state index is 6.11. The Bertz CT molecular complexity index is 816. The van der Waals surface area contributed by atoms with E-state index in [0.29, 0.717) is 23.0 Å². The molecule has 21 heavy (non-hydrogen) atoms. The van der Waals surface area contributed by atoms with Crippen LogP contribution in [0.5, 0.6) is 11.5 Å². The lowest BCUT2D eigenvalue weighted by molar-refractivity contribution is 0.355. The summed E-state index contributed by atoms with van der Waals surface area (Å²) in [6, 6.07) is 7.29. The molecule has 0 aliphatic rings. The molecule has 2 N–H and O–H groups in total. The summed E-state index contributed by atoms with van der Waals surface area (Å²) in [5.41, 5.74) is 8.13. The van der Waals surface area contributed by atoms with Crippen LogP contribution >= 0.6 is 15.9 Å². The zero-order valence-corrected chi connectivity index (χ0v) is 13.1. The number of nitrogen functional groups attached to an aromatic ring is 1. The lowest BCUT2D eigenvalue weighted by Crippen LogP contribution is -1.98. The molecule has 0 aliphatic heterocycles. The first-order valence-corrected chi connectivity index (χ1v) is 6.95. The number of nitrogens with zero attached hydrogens (tertiary/aromatic N) is 3. The molecule has 108 valence electrons. The van der Waals surface area contributed by atoms with Crippen molar-refractivity contribution in [3.05, 3.63) is 34.9 Å². The Balaban J connectivity index is 2.25. The highest BCUT2D eigenvalue weighted by molar-refractivity contribution is 9.10. The molecule has 0 saturated heterocycles. The molecular formula is C14H13BrN4O2. The lowest BCUT2D eigenvalue weighted by Gasteiger charge is -2.11. The fraction of sp³-hybridized carbons (Fsp3) is 0.143. The largest absolute Gasteiger partial charge is 0.493 e. The van der Waals surface area contributed by atoms with Gasteiger partial charge in [-0.1, -0.05) is 0 Å².